The number of esters is 1. The second-order valence-electron chi connectivity index (χ2n) is 6.25. The predicted molar refractivity (Wildman–Crippen MR) is 91.6 cm³/mol. The molecule has 24 heavy (non-hydrogen) atoms. The Kier molecular flexibility index (Phi) is 5.08. The number of ether oxygens (including phenoxy) is 1. The molecule has 1 N–H and O–H groups in total. The van der Waals surface area contributed by atoms with Gasteiger partial charge in [-0.25, -0.2) is 4.79 Å². The van der Waals surface area contributed by atoms with Crippen LogP contribution in [-0.2, 0) is 9.53 Å². The molecule has 0 spiro atoms. The normalized spacial score (nSPS) is 16.5. The van der Waals surface area contributed by atoms with Crippen LogP contribution in [0.5, 0.6) is 0 Å². The Morgan fingerprint density at radius 1 is 1.17 bits per heavy atom. The third-order valence-corrected chi connectivity index (χ3v) is 4.74. The molecule has 1 aromatic carbocycles. The number of amides is 1. The zero-order valence-electron chi connectivity index (χ0n) is 13.8. The van der Waals surface area contributed by atoms with Gasteiger partial charge in [-0.3, -0.25) is 9.78 Å². The van der Waals surface area contributed by atoms with Gasteiger partial charge in [0.1, 0.15) is 6.04 Å². The largest absolute Gasteiger partial charge is 0.467 e. The van der Waals surface area contributed by atoms with Gasteiger partial charge in [-0.2, -0.15) is 0 Å². The highest BCUT2D eigenvalue weighted by atomic mass is 16.5. The lowest BCUT2D eigenvalue weighted by molar-refractivity contribution is -0.144. The number of nitrogens with zero attached hydrogens (tertiary/aromatic N) is 1. The maximum atomic E-state index is 12.8. The van der Waals surface area contributed by atoms with E-state index in [-0.39, 0.29) is 17.8 Å². The molecule has 1 saturated carbocycles. The summed E-state index contributed by atoms with van der Waals surface area (Å²) in [5, 5.41) is 3.79. The number of hydrogen-bond acceptors (Lipinski definition) is 4. The van der Waals surface area contributed by atoms with Crippen LogP contribution in [0.25, 0.3) is 10.9 Å². The average molecular weight is 326 g/mol. The molecule has 5 nitrogen and oxygen atoms in total. The summed E-state index contributed by atoms with van der Waals surface area (Å²) in [6, 6.07) is 8.63. The number of hydrogen-bond donors (Lipinski definition) is 1. The number of pyridine rings is 1. The van der Waals surface area contributed by atoms with E-state index >= 15 is 0 Å². The minimum Gasteiger partial charge on any atom is -0.467 e. The van der Waals surface area contributed by atoms with Crippen LogP contribution >= 0.6 is 0 Å². The molecule has 5 heteroatoms. The monoisotopic (exact) mass is 326 g/mol. The topological polar surface area (TPSA) is 68.3 Å². The van der Waals surface area contributed by atoms with Crippen molar-refractivity contribution in [1.82, 2.24) is 10.3 Å². The van der Waals surface area contributed by atoms with Crippen molar-refractivity contribution >= 4 is 22.8 Å². The maximum Gasteiger partial charge on any atom is 0.328 e. The fourth-order valence-corrected chi connectivity index (χ4v) is 3.47. The van der Waals surface area contributed by atoms with Crippen LogP contribution in [0.2, 0.25) is 0 Å². The standard InChI is InChI=1S/C19H22N2O3/c1-24-19(23)17(14-7-3-2-4-8-14)21-18(22)15-11-5-9-13-10-6-12-20-16(13)15/h5-6,9-12,14,17H,2-4,7-8H2,1H3,(H,21,22)/t17-/m1/s1. The molecule has 0 radical (unpaired) electrons. The number of nitrogens with one attached hydrogen (secondary N) is 1. The molecule has 1 aromatic heterocycles. The molecule has 1 atom stereocenters. The number of benzene rings is 1. The Morgan fingerprint density at radius 3 is 2.67 bits per heavy atom. The van der Waals surface area contributed by atoms with Crippen molar-refractivity contribution in [2.75, 3.05) is 7.11 Å². The summed E-state index contributed by atoms with van der Waals surface area (Å²) in [4.78, 5) is 29.3. The molecule has 0 aliphatic heterocycles. The molecule has 3 rings (SSSR count). The minimum absolute atomic E-state index is 0.137. The molecule has 2 aromatic rings. The van der Waals surface area contributed by atoms with Gasteiger partial charge in [-0.15, -0.1) is 0 Å². The molecule has 0 saturated heterocycles. The zero-order valence-corrected chi connectivity index (χ0v) is 13.8. The van der Waals surface area contributed by atoms with Crippen molar-refractivity contribution < 1.29 is 14.3 Å². The van der Waals surface area contributed by atoms with E-state index in [1.807, 2.05) is 24.3 Å². The van der Waals surface area contributed by atoms with Crippen LogP contribution in [0, 0.1) is 5.92 Å². The first-order valence-corrected chi connectivity index (χ1v) is 8.43. The summed E-state index contributed by atoms with van der Waals surface area (Å²) in [6.45, 7) is 0. The second-order valence-corrected chi connectivity index (χ2v) is 6.25. The number of carbonyl (C=O) groups excluding carboxylic acids is 2. The molecular formula is C19H22N2O3. The molecule has 1 fully saturated rings. The van der Waals surface area contributed by atoms with Gasteiger partial charge in [0.15, 0.2) is 0 Å². The maximum absolute atomic E-state index is 12.8. The van der Waals surface area contributed by atoms with Crippen molar-refractivity contribution in [3.05, 3.63) is 42.1 Å². The highest BCUT2D eigenvalue weighted by Gasteiger charge is 2.32. The van der Waals surface area contributed by atoms with E-state index in [9.17, 15) is 9.59 Å². The van der Waals surface area contributed by atoms with E-state index in [0.717, 1.165) is 31.1 Å². The first kappa shape index (κ1) is 16.4. The average Bonchev–Trinajstić information content (AvgIpc) is 2.65. The van der Waals surface area contributed by atoms with E-state index in [1.165, 1.54) is 13.5 Å². The van der Waals surface area contributed by atoms with Crippen LogP contribution in [0.1, 0.15) is 42.5 Å². The van der Waals surface area contributed by atoms with E-state index in [1.54, 1.807) is 12.3 Å². The first-order chi connectivity index (χ1) is 11.7. The van der Waals surface area contributed by atoms with Gasteiger partial charge >= 0.3 is 5.97 Å². The van der Waals surface area contributed by atoms with Crippen molar-refractivity contribution in [3.63, 3.8) is 0 Å². The number of para-hydroxylation sites is 1. The van der Waals surface area contributed by atoms with E-state index in [0.29, 0.717) is 11.1 Å². The van der Waals surface area contributed by atoms with Crippen molar-refractivity contribution in [3.8, 4) is 0 Å². The molecule has 1 aliphatic carbocycles. The molecular weight excluding hydrogens is 304 g/mol. The fourth-order valence-electron chi connectivity index (χ4n) is 3.47. The van der Waals surface area contributed by atoms with E-state index < -0.39 is 6.04 Å². The lowest BCUT2D eigenvalue weighted by Crippen LogP contribution is -2.47. The number of carbonyl (C=O) groups is 2. The zero-order chi connectivity index (χ0) is 16.9. The molecule has 0 unspecified atom stereocenters. The highest BCUT2D eigenvalue weighted by molar-refractivity contribution is 6.06. The Hall–Kier alpha value is -2.43. The van der Waals surface area contributed by atoms with Crippen LogP contribution in [0.15, 0.2) is 36.5 Å². The number of fused-ring (bicyclic) bond motifs is 1. The lowest BCUT2D eigenvalue weighted by atomic mass is 9.83. The summed E-state index contributed by atoms with van der Waals surface area (Å²) in [7, 11) is 1.36. The third-order valence-electron chi connectivity index (χ3n) is 4.74. The SMILES string of the molecule is COC(=O)[C@H](NC(=O)c1cccc2cccnc12)C1CCCCC1. The quantitative estimate of drug-likeness (QED) is 0.877. The molecule has 1 aliphatic rings. The second kappa shape index (κ2) is 7.43. The fraction of sp³-hybridized carbons (Fsp3) is 0.421. The molecule has 1 heterocycles. The van der Waals surface area contributed by atoms with Gasteiger partial charge in [0.2, 0.25) is 0 Å². The molecule has 126 valence electrons. The number of methoxy groups -OCH3 is 1. The number of rotatable bonds is 4. The van der Waals surface area contributed by atoms with Crippen LogP contribution in [-0.4, -0.2) is 30.0 Å². The molecule has 1 amide bonds. The van der Waals surface area contributed by atoms with Gasteiger partial charge in [0.25, 0.3) is 5.91 Å². The van der Waals surface area contributed by atoms with Crippen molar-refractivity contribution in [2.24, 2.45) is 5.92 Å². The summed E-state index contributed by atoms with van der Waals surface area (Å²) in [6.07, 6.45) is 6.90. The number of aromatic nitrogens is 1. The summed E-state index contributed by atoms with van der Waals surface area (Å²) in [5.74, 6) is -0.512. The van der Waals surface area contributed by atoms with Gasteiger partial charge in [-0.05, 0) is 30.9 Å². The van der Waals surface area contributed by atoms with Crippen LogP contribution < -0.4 is 5.32 Å². The Bertz CT molecular complexity index is 733. The Balaban J connectivity index is 1.85. The van der Waals surface area contributed by atoms with Crippen LogP contribution in [0.3, 0.4) is 0 Å². The van der Waals surface area contributed by atoms with Gasteiger partial charge in [0, 0.05) is 11.6 Å². The van der Waals surface area contributed by atoms with E-state index in [4.69, 9.17) is 4.74 Å². The van der Waals surface area contributed by atoms with Crippen LogP contribution in [0.4, 0.5) is 0 Å². The van der Waals surface area contributed by atoms with E-state index in [2.05, 4.69) is 10.3 Å². The summed E-state index contributed by atoms with van der Waals surface area (Å²) in [5.41, 5.74) is 1.13. The highest BCUT2D eigenvalue weighted by Crippen LogP contribution is 2.27. The van der Waals surface area contributed by atoms with Gasteiger partial charge in [0.05, 0.1) is 18.2 Å². The lowest BCUT2D eigenvalue weighted by Gasteiger charge is -2.29. The first-order valence-electron chi connectivity index (χ1n) is 8.43. The molecule has 0 bridgehead atoms. The van der Waals surface area contributed by atoms with Gasteiger partial charge < -0.3 is 10.1 Å². The summed E-state index contributed by atoms with van der Waals surface area (Å²) >= 11 is 0. The third kappa shape index (κ3) is 3.40. The predicted octanol–water partition coefficient (Wildman–Crippen LogP) is 3.09. The van der Waals surface area contributed by atoms with Crippen molar-refractivity contribution in [2.45, 2.75) is 38.1 Å². The van der Waals surface area contributed by atoms with Crippen molar-refractivity contribution in [1.29, 1.82) is 0 Å². The van der Waals surface area contributed by atoms with Gasteiger partial charge in [-0.1, -0.05) is 37.5 Å². The minimum atomic E-state index is -0.596. The summed E-state index contributed by atoms with van der Waals surface area (Å²) < 4.78 is 4.92. The Labute approximate surface area is 141 Å². The Morgan fingerprint density at radius 2 is 1.92 bits per heavy atom. The smallest absolute Gasteiger partial charge is 0.328 e.